The van der Waals surface area contributed by atoms with Gasteiger partial charge in [-0.25, -0.2) is 9.36 Å². The van der Waals surface area contributed by atoms with E-state index < -0.39 is 11.6 Å². The number of aliphatic carboxylic acids is 1. The van der Waals surface area contributed by atoms with Crippen LogP contribution in [-0.2, 0) is 23.0 Å². The molecule has 2 aromatic rings. The molecule has 2 heterocycles. The summed E-state index contributed by atoms with van der Waals surface area (Å²) < 4.78 is 13.9. The first-order valence-electron chi connectivity index (χ1n) is 11.7. The number of carboxylic acid groups (broad SMARTS) is 1. The van der Waals surface area contributed by atoms with E-state index in [4.69, 9.17) is 9.47 Å². The summed E-state index contributed by atoms with van der Waals surface area (Å²) in [7, 11) is 3.77. The van der Waals surface area contributed by atoms with Crippen molar-refractivity contribution in [1.82, 2.24) is 9.88 Å². The number of hydrogen-bond acceptors (Lipinski definition) is 6. The molecule has 1 amide bonds. The van der Waals surface area contributed by atoms with Crippen molar-refractivity contribution in [2.75, 3.05) is 7.05 Å². The van der Waals surface area contributed by atoms with Crippen LogP contribution in [0.5, 0.6) is 5.88 Å². The molecule has 180 valence electrons. The third-order valence-electron chi connectivity index (χ3n) is 6.59. The van der Waals surface area contributed by atoms with Gasteiger partial charge in [-0.2, -0.15) is 0 Å². The van der Waals surface area contributed by atoms with E-state index in [0.29, 0.717) is 5.88 Å². The minimum atomic E-state index is -0.768. The van der Waals surface area contributed by atoms with Crippen LogP contribution in [0.15, 0.2) is 6.33 Å². The predicted octanol–water partition coefficient (Wildman–Crippen LogP) is 4.18. The van der Waals surface area contributed by atoms with Gasteiger partial charge in [-0.1, -0.05) is 11.3 Å². The first-order valence-corrected chi connectivity index (χ1v) is 12.5. The van der Waals surface area contributed by atoms with Crippen LogP contribution in [0.4, 0.5) is 4.79 Å². The number of carbonyl (C=O) groups is 2. The summed E-state index contributed by atoms with van der Waals surface area (Å²) in [6, 6.07) is 0.131. The second kappa shape index (κ2) is 9.08. The van der Waals surface area contributed by atoms with Crippen molar-refractivity contribution < 1.29 is 28.7 Å². The Hall–Kier alpha value is -2.42. The minimum absolute atomic E-state index is 0.0102. The molecule has 0 saturated heterocycles. The monoisotopic (exact) mass is 476 g/mol. The Bertz CT molecular complexity index is 1050. The molecule has 1 saturated carbocycles. The highest BCUT2D eigenvalue weighted by Crippen LogP contribution is 2.47. The molecule has 2 aromatic heterocycles. The van der Waals surface area contributed by atoms with Gasteiger partial charge in [0.15, 0.2) is 4.83 Å². The van der Waals surface area contributed by atoms with Gasteiger partial charge in [-0.15, -0.1) is 0 Å². The number of nitrogens with zero attached hydrogens (tertiary/aromatic N) is 3. The van der Waals surface area contributed by atoms with Crippen LogP contribution in [0.25, 0.3) is 10.2 Å². The number of ether oxygens (including phenoxy) is 2. The summed E-state index contributed by atoms with van der Waals surface area (Å²) >= 11 is 1.72. The fraction of sp³-hybridized carbons (Fsp3) is 0.667. The summed E-state index contributed by atoms with van der Waals surface area (Å²) in [6.45, 7) is 5.62. The Balaban J connectivity index is 1.48. The first kappa shape index (κ1) is 23.7. The zero-order valence-electron chi connectivity index (χ0n) is 20.1. The average molecular weight is 477 g/mol. The second-order valence-corrected chi connectivity index (χ2v) is 11.3. The molecule has 9 heteroatoms. The Morgan fingerprint density at radius 3 is 2.58 bits per heavy atom. The highest BCUT2D eigenvalue weighted by atomic mass is 32.1. The van der Waals surface area contributed by atoms with Crippen LogP contribution in [0.2, 0.25) is 0 Å². The number of aromatic nitrogens is 2. The van der Waals surface area contributed by atoms with Crippen molar-refractivity contribution in [3.8, 4) is 5.88 Å². The van der Waals surface area contributed by atoms with Crippen LogP contribution in [0.3, 0.4) is 0 Å². The van der Waals surface area contributed by atoms with Gasteiger partial charge in [0.2, 0.25) is 0 Å². The Morgan fingerprint density at radius 1 is 1.24 bits per heavy atom. The van der Waals surface area contributed by atoms with E-state index in [1.54, 1.807) is 29.6 Å². The van der Waals surface area contributed by atoms with E-state index in [-0.39, 0.29) is 30.6 Å². The average Bonchev–Trinajstić information content (AvgIpc) is 3.29. The van der Waals surface area contributed by atoms with Crippen molar-refractivity contribution in [1.29, 1.82) is 0 Å². The van der Waals surface area contributed by atoms with E-state index in [1.165, 1.54) is 4.88 Å². The molecule has 0 spiro atoms. The Kier molecular flexibility index (Phi) is 6.53. The standard InChI is InChI=1S/C24H33N3O5S/c1-24(2,3)32-23(30)27(5)15-7-9-16(10-8-15)31-21-20-19-14(12-18(28)29)6-11-17(19)33-22(20)26(4)13-25-21/h13-16H,6-12H2,1-5H3/p+1. The lowest BCUT2D eigenvalue weighted by atomic mass is 9.92. The number of carboxylic acids is 1. The molecule has 8 nitrogen and oxygen atoms in total. The number of aryl methyl sites for hydroxylation is 2. The number of fused-ring (bicyclic) bond motifs is 3. The molecule has 1 fully saturated rings. The van der Waals surface area contributed by atoms with Gasteiger partial charge in [-0.3, -0.25) is 4.79 Å². The predicted molar refractivity (Wildman–Crippen MR) is 125 cm³/mol. The van der Waals surface area contributed by atoms with Crippen LogP contribution >= 0.6 is 11.3 Å². The molecular formula is C24H34N3O5S+. The Morgan fingerprint density at radius 2 is 1.94 bits per heavy atom. The third kappa shape index (κ3) is 5.08. The molecule has 1 unspecified atom stereocenters. The molecule has 4 rings (SSSR count). The van der Waals surface area contributed by atoms with Gasteiger partial charge in [-0.05, 0) is 75.8 Å². The smallest absolute Gasteiger partial charge is 0.410 e. The van der Waals surface area contributed by atoms with Crippen molar-refractivity contribution in [3.05, 3.63) is 16.8 Å². The van der Waals surface area contributed by atoms with Crippen LogP contribution in [0.1, 0.15) is 75.7 Å². The molecule has 2 aliphatic rings. The lowest BCUT2D eigenvalue weighted by Gasteiger charge is -2.35. The first-order chi connectivity index (χ1) is 15.5. The lowest BCUT2D eigenvalue weighted by molar-refractivity contribution is -0.646. The third-order valence-corrected chi connectivity index (χ3v) is 7.94. The van der Waals surface area contributed by atoms with E-state index in [9.17, 15) is 14.7 Å². The molecule has 0 bridgehead atoms. The maximum Gasteiger partial charge on any atom is 0.410 e. The fourth-order valence-electron chi connectivity index (χ4n) is 4.95. The van der Waals surface area contributed by atoms with Crippen LogP contribution in [-0.4, -0.2) is 51.8 Å². The summed E-state index contributed by atoms with van der Waals surface area (Å²) in [6.07, 6.45) is 6.75. The molecule has 0 aromatic carbocycles. The number of amides is 1. The van der Waals surface area contributed by atoms with E-state index in [1.807, 2.05) is 32.4 Å². The second-order valence-electron chi connectivity index (χ2n) is 10.3. The quantitative estimate of drug-likeness (QED) is 0.651. The normalized spacial score (nSPS) is 22.8. The van der Waals surface area contributed by atoms with E-state index in [0.717, 1.165) is 54.3 Å². The Labute approximate surface area is 198 Å². The van der Waals surface area contributed by atoms with E-state index >= 15 is 0 Å². The summed E-state index contributed by atoms with van der Waals surface area (Å²) in [5, 5.41) is 10.4. The van der Waals surface area contributed by atoms with Crippen molar-refractivity contribution in [3.63, 3.8) is 0 Å². The summed E-state index contributed by atoms with van der Waals surface area (Å²) in [5.74, 6) is -0.145. The SMILES string of the molecule is CN(C(=O)OC(C)(C)C)C1CCC(Oc2nc[n+](C)c3sc4c(c23)C(CC(=O)O)CC4)CC1. The molecule has 2 aliphatic carbocycles. The number of rotatable bonds is 5. The van der Waals surface area contributed by atoms with Crippen molar-refractivity contribution in [2.45, 2.75) is 89.4 Å². The molecule has 1 N–H and O–H groups in total. The van der Waals surface area contributed by atoms with Gasteiger partial charge in [0.1, 0.15) is 17.1 Å². The molecular weight excluding hydrogens is 442 g/mol. The number of carbonyl (C=O) groups excluding carboxylic acids is 1. The minimum Gasteiger partial charge on any atom is -0.481 e. The van der Waals surface area contributed by atoms with Gasteiger partial charge in [0.25, 0.3) is 6.33 Å². The van der Waals surface area contributed by atoms with Crippen molar-refractivity contribution in [2.24, 2.45) is 7.05 Å². The van der Waals surface area contributed by atoms with Crippen LogP contribution < -0.4 is 9.30 Å². The maximum absolute atomic E-state index is 12.4. The summed E-state index contributed by atoms with van der Waals surface area (Å²) in [5.41, 5.74) is 0.611. The largest absolute Gasteiger partial charge is 0.481 e. The topological polar surface area (TPSA) is 92.8 Å². The molecule has 0 radical (unpaired) electrons. The lowest BCUT2D eigenvalue weighted by Crippen LogP contribution is -2.43. The van der Waals surface area contributed by atoms with Gasteiger partial charge < -0.3 is 19.5 Å². The number of hydrogen-bond donors (Lipinski definition) is 1. The zero-order chi connectivity index (χ0) is 23.9. The maximum atomic E-state index is 12.4. The van der Waals surface area contributed by atoms with Gasteiger partial charge in [0.05, 0.1) is 13.5 Å². The van der Waals surface area contributed by atoms with E-state index in [2.05, 4.69) is 4.98 Å². The molecule has 1 atom stereocenters. The van der Waals surface area contributed by atoms with Crippen molar-refractivity contribution >= 4 is 33.6 Å². The fourth-order valence-corrected chi connectivity index (χ4v) is 6.27. The highest BCUT2D eigenvalue weighted by molar-refractivity contribution is 7.18. The molecule has 33 heavy (non-hydrogen) atoms. The molecule has 0 aliphatic heterocycles. The summed E-state index contributed by atoms with van der Waals surface area (Å²) in [4.78, 5) is 32.5. The zero-order valence-corrected chi connectivity index (χ0v) is 20.9. The number of thiophene rings is 1. The van der Waals surface area contributed by atoms with Gasteiger partial charge >= 0.3 is 17.9 Å². The highest BCUT2D eigenvalue weighted by Gasteiger charge is 2.36. The van der Waals surface area contributed by atoms with Crippen LogP contribution in [0, 0.1) is 0 Å². The van der Waals surface area contributed by atoms with Gasteiger partial charge in [0, 0.05) is 18.0 Å².